The van der Waals surface area contributed by atoms with Crippen molar-refractivity contribution in [2.24, 2.45) is 0 Å². The Balaban J connectivity index is 1.41. The molecule has 0 spiro atoms. The van der Waals surface area contributed by atoms with Crippen LogP contribution in [0.4, 0.5) is 5.69 Å². The highest BCUT2D eigenvalue weighted by Gasteiger charge is 2.39. The van der Waals surface area contributed by atoms with Gasteiger partial charge in [-0.2, -0.15) is 0 Å². The molecule has 1 amide bonds. The number of ether oxygens (including phenoxy) is 2. The SMILES string of the molecule is CC(C)Oc1ccc(S(C)(=O)=O)cc1C(=O)N1Cc2ccc(N3CC4CC3CO4)cc2C1. The predicted molar refractivity (Wildman–Crippen MR) is 121 cm³/mol. The summed E-state index contributed by atoms with van der Waals surface area (Å²) in [5.74, 6) is 0.180. The van der Waals surface area contributed by atoms with E-state index in [9.17, 15) is 13.2 Å². The number of benzene rings is 2. The molecule has 8 heteroatoms. The van der Waals surface area contributed by atoms with E-state index < -0.39 is 9.84 Å². The Bertz CT molecular complexity index is 1180. The molecule has 0 radical (unpaired) electrons. The molecule has 0 saturated carbocycles. The average Bonchev–Trinajstić information content (AvgIpc) is 3.47. The maximum Gasteiger partial charge on any atom is 0.258 e. The number of fused-ring (bicyclic) bond motifs is 3. The van der Waals surface area contributed by atoms with Crippen LogP contribution in [0.2, 0.25) is 0 Å². The van der Waals surface area contributed by atoms with Crippen LogP contribution in [0.5, 0.6) is 5.75 Å². The van der Waals surface area contributed by atoms with Crippen molar-refractivity contribution < 1.29 is 22.7 Å². The van der Waals surface area contributed by atoms with Crippen molar-refractivity contribution in [3.8, 4) is 5.75 Å². The Hall–Kier alpha value is -2.58. The third-order valence-corrected chi connectivity index (χ3v) is 7.51. The molecule has 3 aliphatic heterocycles. The van der Waals surface area contributed by atoms with Gasteiger partial charge in [0, 0.05) is 31.6 Å². The molecule has 32 heavy (non-hydrogen) atoms. The Morgan fingerprint density at radius 2 is 1.91 bits per heavy atom. The van der Waals surface area contributed by atoms with Crippen LogP contribution in [-0.4, -0.2) is 56.9 Å². The van der Waals surface area contributed by atoms with Gasteiger partial charge < -0.3 is 19.3 Å². The molecular formula is C24H28N2O5S. The van der Waals surface area contributed by atoms with Gasteiger partial charge in [0.25, 0.3) is 5.91 Å². The van der Waals surface area contributed by atoms with E-state index in [1.807, 2.05) is 13.8 Å². The lowest BCUT2D eigenvalue weighted by molar-refractivity contribution is 0.0745. The maximum absolute atomic E-state index is 13.5. The van der Waals surface area contributed by atoms with Gasteiger partial charge in [0.2, 0.25) is 0 Å². The number of hydrogen-bond acceptors (Lipinski definition) is 6. The van der Waals surface area contributed by atoms with Crippen molar-refractivity contribution in [3.63, 3.8) is 0 Å². The molecule has 3 heterocycles. The molecule has 2 bridgehead atoms. The van der Waals surface area contributed by atoms with E-state index in [0.29, 0.717) is 31.0 Å². The molecular weight excluding hydrogens is 428 g/mol. The number of anilines is 1. The molecule has 7 nitrogen and oxygen atoms in total. The van der Waals surface area contributed by atoms with Gasteiger partial charge in [-0.25, -0.2) is 8.42 Å². The van der Waals surface area contributed by atoms with Crippen molar-refractivity contribution in [1.29, 1.82) is 0 Å². The lowest BCUT2D eigenvalue weighted by Gasteiger charge is -2.29. The Kier molecular flexibility index (Phi) is 5.17. The van der Waals surface area contributed by atoms with Gasteiger partial charge in [-0.05, 0) is 61.7 Å². The third kappa shape index (κ3) is 3.86. The van der Waals surface area contributed by atoms with Crippen molar-refractivity contribution in [3.05, 3.63) is 53.1 Å². The fraction of sp³-hybridized carbons (Fsp3) is 0.458. The van der Waals surface area contributed by atoms with Gasteiger partial charge in [0.05, 0.1) is 35.3 Å². The lowest BCUT2D eigenvalue weighted by Crippen LogP contribution is -2.36. The molecule has 2 fully saturated rings. The zero-order valence-corrected chi connectivity index (χ0v) is 19.4. The van der Waals surface area contributed by atoms with Gasteiger partial charge in [0.1, 0.15) is 5.75 Å². The van der Waals surface area contributed by atoms with Crippen LogP contribution >= 0.6 is 0 Å². The lowest BCUT2D eigenvalue weighted by atomic mass is 10.1. The predicted octanol–water partition coefficient (Wildman–Crippen LogP) is 3.01. The van der Waals surface area contributed by atoms with Crippen molar-refractivity contribution >= 4 is 21.4 Å². The highest BCUT2D eigenvalue weighted by molar-refractivity contribution is 7.90. The van der Waals surface area contributed by atoms with Gasteiger partial charge in [-0.15, -0.1) is 0 Å². The largest absolute Gasteiger partial charge is 0.490 e. The molecule has 3 aliphatic rings. The van der Waals surface area contributed by atoms with E-state index in [0.717, 1.165) is 37.0 Å². The second-order valence-corrected chi connectivity index (χ2v) is 11.2. The third-order valence-electron chi connectivity index (χ3n) is 6.40. The molecule has 0 aliphatic carbocycles. The van der Waals surface area contributed by atoms with Gasteiger partial charge in [-0.3, -0.25) is 4.79 Å². The zero-order chi connectivity index (χ0) is 22.6. The summed E-state index contributed by atoms with van der Waals surface area (Å²) in [5, 5.41) is 0. The first-order valence-corrected chi connectivity index (χ1v) is 12.9. The first kappa shape index (κ1) is 21.3. The first-order valence-electron chi connectivity index (χ1n) is 11.0. The molecule has 2 atom stereocenters. The van der Waals surface area contributed by atoms with Crippen LogP contribution in [0.25, 0.3) is 0 Å². The number of rotatable bonds is 5. The topological polar surface area (TPSA) is 76.2 Å². The van der Waals surface area contributed by atoms with Crippen molar-refractivity contribution in [2.75, 3.05) is 24.3 Å². The summed E-state index contributed by atoms with van der Waals surface area (Å²) in [5.41, 5.74) is 3.71. The summed E-state index contributed by atoms with van der Waals surface area (Å²) < 4.78 is 35.7. The average molecular weight is 457 g/mol. The summed E-state index contributed by atoms with van der Waals surface area (Å²) in [4.78, 5) is 17.7. The molecule has 2 aromatic rings. The van der Waals surface area contributed by atoms with Crippen LogP contribution in [0.15, 0.2) is 41.3 Å². The van der Waals surface area contributed by atoms with E-state index in [2.05, 4.69) is 23.1 Å². The van der Waals surface area contributed by atoms with Crippen LogP contribution in [0.3, 0.4) is 0 Å². The van der Waals surface area contributed by atoms with E-state index in [1.165, 1.54) is 17.8 Å². The monoisotopic (exact) mass is 456 g/mol. The second kappa shape index (κ2) is 7.78. The molecule has 2 unspecified atom stereocenters. The summed E-state index contributed by atoms with van der Waals surface area (Å²) in [6, 6.07) is 11.4. The minimum absolute atomic E-state index is 0.113. The quantitative estimate of drug-likeness (QED) is 0.689. The molecule has 5 rings (SSSR count). The number of nitrogens with zero attached hydrogens (tertiary/aromatic N) is 2. The number of hydrogen-bond donors (Lipinski definition) is 0. The maximum atomic E-state index is 13.5. The van der Waals surface area contributed by atoms with Crippen molar-refractivity contribution in [1.82, 2.24) is 4.90 Å². The van der Waals surface area contributed by atoms with Crippen LogP contribution in [0.1, 0.15) is 41.8 Å². The number of carbonyl (C=O) groups is 1. The van der Waals surface area contributed by atoms with Gasteiger partial charge >= 0.3 is 0 Å². The number of sulfone groups is 1. The Morgan fingerprint density at radius 1 is 1.12 bits per heavy atom. The highest BCUT2D eigenvalue weighted by atomic mass is 32.2. The molecule has 170 valence electrons. The number of morpholine rings is 1. The fourth-order valence-corrected chi connectivity index (χ4v) is 5.50. The van der Waals surface area contributed by atoms with Crippen molar-refractivity contribution in [2.45, 2.75) is 56.5 Å². The summed E-state index contributed by atoms with van der Waals surface area (Å²) in [7, 11) is -3.44. The van der Waals surface area contributed by atoms with E-state index in [-0.39, 0.29) is 22.5 Å². The van der Waals surface area contributed by atoms with Gasteiger partial charge in [-0.1, -0.05) is 6.07 Å². The zero-order valence-electron chi connectivity index (χ0n) is 18.6. The number of amides is 1. The van der Waals surface area contributed by atoms with E-state index in [4.69, 9.17) is 9.47 Å². The molecule has 0 aromatic heterocycles. The van der Waals surface area contributed by atoms with Crippen LogP contribution in [0, 0.1) is 0 Å². The summed E-state index contributed by atoms with van der Waals surface area (Å²) >= 11 is 0. The molecule has 0 N–H and O–H groups in total. The molecule has 2 aromatic carbocycles. The number of carbonyl (C=O) groups excluding carboxylic acids is 1. The normalized spacial score (nSPS) is 22.0. The molecule has 2 saturated heterocycles. The summed E-state index contributed by atoms with van der Waals surface area (Å²) in [6.45, 7) is 6.44. The van der Waals surface area contributed by atoms with Crippen LogP contribution < -0.4 is 9.64 Å². The standard InChI is InChI=1S/C24H28N2O5S/c1-15(2)31-23-7-6-21(32(3,28)29)10-22(23)24(27)25-11-16-4-5-18(8-17(16)12-25)26-13-20-9-19(26)14-30-20/h4-8,10,15,19-20H,9,11-14H2,1-3H3. The minimum Gasteiger partial charge on any atom is -0.490 e. The Labute approximate surface area is 188 Å². The van der Waals surface area contributed by atoms with Crippen LogP contribution in [-0.2, 0) is 27.7 Å². The smallest absolute Gasteiger partial charge is 0.258 e. The Morgan fingerprint density at radius 3 is 2.56 bits per heavy atom. The van der Waals surface area contributed by atoms with E-state index in [1.54, 1.807) is 11.0 Å². The highest BCUT2D eigenvalue weighted by Crippen LogP contribution is 2.36. The minimum atomic E-state index is -3.44. The van der Waals surface area contributed by atoms with Gasteiger partial charge in [0.15, 0.2) is 9.84 Å². The first-order chi connectivity index (χ1) is 15.2. The second-order valence-electron chi connectivity index (χ2n) is 9.21. The summed E-state index contributed by atoms with van der Waals surface area (Å²) in [6.07, 6.45) is 2.41. The van der Waals surface area contributed by atoms with E-state index >= 15 is 0 Å². The fourth-order valence-electron chi connectivity index (χ4n) is 4.85.